The lowest BCUT2D eigenvalue weighted by molar-refractivity contribution is 0.173. The molecule has 0 amide bonds. The van der Waals surface area contributed by atoms with Crippen LogP contribution in [0.15, 0.2) is 28.5 Å². The Kier molecular flexibility index (Phi) is 2.34. The summed E-state index contributed by atoms with van der Waals surface area (Å²) in [7, 11) is -3.54. The summed E-state index contributed by atoms with van der Waals surface area (Å²) in [5, 5.41) is 1.05. The zero-order valence-electron chi connectivity index (χ0n) is 7.60. The van der Waals surface area contributed by atoms with Crippen LogP contribution in [0.2, 0.25) is 0 Å². The molecule has 4 nitrogen and oxygen atoms in total. The predicted molar refractivity (Wildman–Crippen MR) is 51.7 cm³/mol. The molecule has 0 radical (unpaired) electrons. The Labute approximate surface area is 86.0 Å². The summed E-state index contributed by atoms with van der Waals surface area (Å²) in [6.45, 7) is -0.0160. The maximum atomic E-state index is 12.9. The number of nitrogens with two attached hydrogens (primary N) is 1. The molecule has 0 aromatic heterocycles. The van der Waals surface area contributed by atoms with Gasteiger partial charge in [0.1, 0.15) is 5.82 Å². The number of hydrogen-bond donors (Lipinski definition) is 1. The number of rotatable bonds is 2. The van der Waals surface area contributed by atoms with E-state index < -0.39 is 15.7 Å². The smallest absolute Gasteiger partial charge is 0.200 e. The van der Waals surface area contributed by atoms with Crippen molar-refractivity contribution in [2.24, 2.45) is 5.90 Å². The summed E-state index contributed by atoms with van der Waals surface area (Å²) in [5.41, 5.74) is 0.884. The lowest BCUT2D eigenvalue weighted by Crippen LogP contribution is -2.02. The van der Waals surface area contributed by atoms with Crippen LogP contribution < -0.4 is 5.90 Å². The van der Waals surface area contributed by atoms with E-state index in [1.54, 1.807) is 0 Å². The number of fused-ring (bicyclic) bond motifs is 1. The summed E-state index contributed by atoms with van der Waals surface area (Å²) in [6.07, 6.45) is 0. The number of hydrogen-bond acceptors (Lipinski definition) is 4. The third-order valence-corrected chi connectivity index (χ3v) is 3.68. The van der Waals surface area contributed by atoms with E-state index >= 15 is 0 Å². The van der Waals surface area contributed by atoms with E-state index in [0.717, 1.165) is 11.5 Å². The van der Waals surface area contributed by atoms with Crippen molar-refractivity contribution in [2.75, 3.05) is 6.61 Å². The largest absolute Gasteiger partial charge is 0.300 e. The molecular formula is C9H8FNO3S. The average molecular weight is 229 g/mol. The summed E-state index contributed by atoms with van der Waals surface area (Å²) in [4.78, 5) is 4.35. The molecule has 0 atom stereocenters. The summed E-state index contributed by atoms with van der Waals surface area (Å²) >= 11 is 0. The van der Waals surface area contributed by atoms with Crippen LogP contribution >= 0.6 is 0 Å². The Bertz CT molecular complexity index is 536. The zero-order valence-corrected chi connectivity index (χ0v) is 8.42. The SMILES string of the molecule is NOCC1=CS(=O)(=O)c2cc(F)ccc21. The first-order valence-corrected chi connectivity index (χ1v) is 5.66. The second-order valence-electron chi connectivity index (χ2n) is 3.14. The highest BCUT2D eigenvalue weighted by Gasteiger charge is 2.27. The molecular weight excluding hydrogens is 221 g/mol. The summed E-state index contributed by atoms with van der Waals surface area (Å²) in [5.74, 6) is 4.29. The first-order chi connectivity index (χ1) is 7.04. The van der Waals surface area contributed by atoms with Crippen LogP contribution in [0.4, 0.5) is 4.39 Å². The molecule has 1 aliphatic rings. The minimum atomic E-state index is -3.54. The van der Waals surface area contributed by atoms with E-state index in [0.29, 0.717) is 11.1 Å². The quantitative estimate of drug-likeness (QED) is 0.763. The molecule has 0 saturated carbocycles. The monoisotopic (exact) mass is 229 g/mol. The molecule has 15 heavy (non-hydrogen) atoms. The fraction of sp³-hybridized carbons (Fsp3) is 0.111. The third-order valence-electron chi connectivity index (χ3n) is 2.13. The van der Waals surface area contributed by atoms with Crippen LogP contribution in [0.3, 0.4) is 0 Å². The number of benzene rings is 1. The van der Waals surface area contributed by atoms with Gasteiger partial charge in [-0.3, -0.25) is 4.84 Å². The fourth-order valence-corrected chi connectivity index (χ4v) is 2.99. The van der Waals surface area contributed by atoms with E-state index in [1.165, 1.54) is 12.1 Å². The van der Waals surface area contributed by atoms with Crippen molar-refractivity contribution >= 4 is 15.4 Å². The van der Waals surface area contributed by atoms with Crippen molar-refractivity contribution in [1.29, 1.82) is 0 Å². The second kappa shape index (κ2) is 3.41. The standard InChI is InChI=1S/C9H8FNO3S/c10-7-1-2-8-6(4-14-11)5-15(12,13)9(8)3-7/h1-3,5H,4,11H2. The fourth-order valence-electron chi connectivity index (χ4n) is 1.51. The van der Waals surface area contributed by atoms with Gasteiger partial charge in [0, 0.05) is 5.41 Å². The van der Waals surface area contributed by atoms with Crippen molar-refractivity contribution in [1.82, 2.24) is 0 Å². The highest BCUT2D eigenvalue weighted by Crippen LogP contribution is 2.33. The van der Waals surface area contributed by atoms with Gasteiger partial charge in [0.15, 0.2) is 0 Å². The molecule has 0 aliphatic carbocycles. The average Bonchev–Trinajstić information content (AvgIpc) is 2.39. The van der Waals surface area contributed by atoms with Crippen LogP contribution in [0, 0.1) is 5.82 Å². The molecule has 0 unspecified atom stereocenters. The summed E-state index contributed by atoms with van der Waals surface area (Å²) < 4.78 is 36.0. The molecule has 1 aliphatic heterocycles. The molecule has 80 valence electrons. The molecule has 0 spiro atoms. The Morgan fingerprint density at radius 1 is 1.40 bits per heavy atom. The van der Waals surface area contributed by atoms with Gasteiger partial charge in [0.25, 0.3) is 0 Å². The van der Waals surface area contributed by atoms with E-state index in [-0.39, 0.29) is 11.5 Å². The molecule has 2 rings (SSSR count). The maximum absolute atomic E-state index is 12.9. The Hall–Kier alpha value is -1.24. The minimum Gasteiger partial charge on any atom is -0.300 e. The highest BCUT2D eigenvalue weighted by molar-refractivity contribution is 7.95. The molecule has 0 saturated heterocycles. The van der Waals surface area contributed by atoms with Crippen molar-refractivity contribution < 1.29 is 17.6 Å². The first-order valence-electron chi connectivity index (χ1n) is 4.12. The molecule has 2 N–H and O–H groups in total. The van der Waals surface area contributed by atoms with Crippen LogP contribution in [0.1, 0.15) is 5.56 Å². The van der Waals surface area contributed by atoms with Gasteiger partial charge in [0.05, 0.1) is 11.5 Å². The van der Waals surface area contributed by atoms with Gasteiger partial charge in [0.2, 0.25) is 9.84 Å². The lowest BCUT2D eigenvalue weighted by Gasteiger charge is -2.02. The Balaban J connectivity index is 2.62. The van der Waals surface area contributed by atoms with Gasteiger partial charge < -0.3 is 0 Å². The zero-order chi connectivity index (χ0) is 11.1. The molecule has 1 aromatic rings. The molecule has 6 heteroatoms. The van der Waals surface area contributed by atoms with Gasteiger partial charge in [-0.05, 0) is 23.3 Å². The van der Waals surface area contributed by atoms with Crippen molar-refractivity contribution in [3.63, 3.8) is 0 Å². The predicted octanol–water partition coefficient (Wildman–Crippen LogP) is 0.844. The van der Waals surface area contributed by atoms with Crippen molar-refractivity contribution in [2.45, 2.75) is 4.90 Å². The third kappa shape index (κ3) is 1.67. The van der Waals surface area contributed by atoms with Gasteiger partial charge in [-0.1, -0.05) is 6.07 Å². The number of sulfone groups is 1. The van der Waals surface area contributed by atoms with Gasteiger partial charge in [-0.25, -0.2) is 18.7 Å². The highest BCUT2D eigenvalue weighted by atomic mass is 32.2. The van der Waals surface area contributed by atoms with E-state index in [1.807, 2.05) is 0 Å². The van der Waals surface area contributed by atoms with E-state index in [4.69, 9.17) is 5.90 Å². The van der Waals surface area contributed by atoms with Crippen LogP contribution in [0.25, 0.3) is 5.57 Å². The second-order valence-corrected chi connectivity index (χ2v) is 4.91. The maximum Gasteiger partial charge on any atom is 0.200 e. The van der Waals surface area contributed by atoms with Crippen molar-refractivity contribution in [3.05, 3.63) is 35.0 Å². The van der Waals surface area contributed by atoms with Crippen LogP contribution in [0.5, 0.6) is 0 Å². The molecule has 0 bridgehead atoms. The van der Waals surface area contributed by atoms with E-state index in [9.17, 15) is 12.8 Å². The van der Waals surface area contributed by atoms with Crippen LogP contribution in [-0.4, -0.2) is 15.0 Å². The topological polar surface area (TPSA) is 69.4 Å². The van der Waals surface area contributed by atoms with Crippen molar-refractivity contribution in [3.8, 4) is 0 Å². The molecule has 0 fully saturated rings. The van der Waals surface area contributed by atoms with Gasteiger partial charge in [-0.15, -0.1) is 0 Å². The van der Waals surface area contributed by atoms with Crippen LogP contribution in [-0.2, 0) is 14.7 Å². The summed E-state index contributed by atoms with van der Waals surface area (Å²) in [6, 6.07) is 3.59. The first kappa shape index (κ1) is 10.3. The van der Waals surface area contributed by atoms with Gasteiger partial charge in [-0.2, -0.15) is 0 Å². The Morgan fingerprint density at radius 2 is 2.13 bits per heavy atom. The normalized spacial score (nSPS) is 17.3. The molecule has 1 aromatic carbocycles. The van der Waals surface area contributed by atoms with E-state index in [2.05, 4.69) is 4.84 Å². The van der Waals surface area contributed by atoms with Gasteiger partial charge >= 0.3 is 0 Å². The minimum absolute atomic E-state index is 0.0160. The number of halogens is 1. The molecule has 1 heterocycles. The lowest BCUT2D eigenvalue weighted by atomic mass is 10.1. The Morgan fingerprint density at radius 3 is 2.80 bits per heavy atom.